The zero-order valence-corrected chi connectivity index (χ0v) is 23.9. The number of nitrogens with one attached hydrogen (secondary N) is 1. The van der Waals surface area contributed by atoms with E-state index in [1.807, 2.05) is 126 Å². The molecule has 0 unspecified atom stereocenters. The van der Waals surface area contributed by atoms with Gasteiger partial charge in [-0.15, -0.1) is 0 Å². The molecule has 3 aromatic carbocycles. The Morgan fingerprint density at radius 2 is 1.26 bits per heavy atom. The number of amides is 2. The van der Waals surface area contributed by atoms with Crippen LogP contribution in [0.3, 0.4) is 0 Å². The van der Waals surface area contributed by atoms with E-state index in [1.165, 1.54) is 0 Å². The molecule has 0 aromatic heterocycles. The van der Waals surface area contributed by atoms with E-state index in [0.29, 0.717) is 11.4 Å². The molecule has 0 aliphatic heterocycles. The molecule has 39 heavy (non-hydrogen) atoms. The van der Waals surface area contributed by atoms with Crippen LogP contribution in [0.25, 0.3) is 0 Å². The molecule has 2 amide bonds. The minimum Gasteiger partial charge on any atom is -0.497 e. The normalized spacial score (nSPS) is 13.1. The Morgan fingerprint density at radius 3 is 1.74 bits per heavy atom. The molecular weight excluding hydrogens is 492 g/mol. The Labute approximate surface area is 232 Å². The van der Waals surface area contributed by atoms with Crippen LogP contribution < -0.4 is 15.0 Å². The third-order valence-corrected chi connectivity index (χ3v) is 5.83. The zero-order chi connectivity index (χ0) is 28.6. The van der Waals surface area contributed by atoms with Gasteiger partial charge in [-0.05, 0) is 76.9 Å². The summed E-state index contributed by atoms with van der Waals surface area (Å²) in [5.74, 6) is 0.320. The lowest BCUT2D eigenvalue weighted by Gasteiger charge is -2.38. The van der Waals surface area contributed by atoms with Crippen LogP contribution in [0.5, 0.6) is 5.75 Å². The lowest BCUT2D eigenvalue weighted by Crippen LogP contribution is -2.44. The first-order chi connectivity index (χ1) is 18.4. The molecule has 3 rings (SSSR count). The Kier molecular flexibility index (Phi) is 9.62. The maximum absolute atomic E-state index is 14.0. The highest BCUT2D eigenvalue weighted by Gasteiger charge is 2.37. The number of methoxy groups -OCH3 is 1. The summed E-state index contributed by atoms with van der Waals surface area (Å²) >= 11 is 0. The number of nitrogens with zero attached hydrogens (tertiary/aromatic N) is 1. The average Bonchev–Trinajstić information content (AvgIpc) is 2.87. The maximum atomic E-state index is 14.0. The minimum absolute atomic E-state index is 0.216. The summed E-state index contributed by atoms with van der Waals surface area (Å²) < 4.78 is 16.8. The van der Waals surface area contributed by atoms with Gasteiger partial charge in [-0.25, -0.2) is 9.59 Å². The van der Waals surface area contributed by atoms with Gasteiger partial charge in [0.05, 0.1) is 13.2 Å². The number of benzene rings is 3. The Hall–Kier alpha value is -4.00. The second-order valence-electron chi connectivity index (χ2n) is 11.3. The van der Waals surface area contributed by atoms with Crippen molar-refractivity contribution < 1.29 is 23.8 Å². The molecule has 0 spiro atoms. The topological polar surface area (TPSA) is 77.1 Å². The van der Waals surface area contributed by atoms with Crippen LogP contribution in [0.4, 0.5) is 15.3 Å². The summed E-state index contributed by atoms with van der Waals surface area (Å²) in [4.78, 5) is 28.3. The van der Waals surface area contributed by atoms with Crippen molar-refractivity contribution in [2.24, 2.45) is 0 Å². The molecule has 1 N–H and O–H groups in total. The van der Waals surface area contributed by atoms with Crippen molar-refractivity contribution in [3.05, 3.63) is 96.1 Å². The monoisotopic (exact) mass is 532 g/mol. The third kappa shape index (κ3) is 8.77. The fraction of sp³-hybridized carbons (Fsp3) is 0.375. The zero-order valence-electron chi connectivity index (χ0n) is 23.9. The van der Waals surface area contributed by atoms with Crippen molar-refractivity contribution >= 4 is 17.9 Å². The first kappa shape index (κ1) is 29.6. The molecule has 0 aliphatic rings. The Morgan fingerprint density at radius 1 is 0.744 bits per heavy atom. The number of ether oxygens (including phenoxy) is 3. The number of alkyl carbamates (subject to hydrolysis) is 1. The van der Waals surface area contributed by atoms with Gasteiger partial charge in [0.2, 0.25) is 0 Å². The molecule has 0 saturated carbocycles. The molecule has 2 atom stereocenters. The van der Waals surface area contributed by atoms with Crippen molar-refractivity contribution in [1.82, 2.24) is 5.32 Å². The molecule has 0 heterocycles. The van der Waals surface area contributed by atoms with Crippen LogP contribution in [0.15, 0.2) is 84.9 Å². The van der Waals surface area contributed by atoms with Crippen LogP contribution >= 0.6 is 0 Å². The van der Waals surface area contributed by atoms with Crippen molar-refractivity contribution in [3.63, 3.8) is 0 Å². The molecule has 0 bridgehead atoms. The van der Waals surface area contributed by atoms with E-state index >= 15 is 0 Å². The number of anilines is 1. The van der Waals surface area contributed by atoms with Crippen LogP contribution in [0, 0.1) is 0 Å². The van der Waals surface area contributed by atoms with Gasteiger partial charge in [0.25, 0.3) is 0 Å². The van der Waals surface area contributed by atoms with Gasteiger partial charge in [-0.2, -0.15) is 0 Å². The Balaban J connectivity index is 2.17. The molecule has 0 fully saturated rings. The number of carbonyl (C=O) groups is 2. The van der Waals surface area contributed by atoms with Gasteiger partial charge in [0, 0.05) is 18.2 Å². The molecule has 7 heteroatoms. The Bertz CT molecular complexity index is 1200. The van der Waals surface area contributed by atoms with E-state index < -0.39 is 29.4 Å². The number of hydrogen-bond acceptors (Lipinski definition) is 5. The smallest absolute Gasteiger partial charge is 0.415 e. The van der Waals surface area contributed by atoms with Gasteiger partial charge in [0.1, 0.15) is 17.0 Å². The number of carbonyl (C=O) groups excluding carboxylic acids is 2. The molecule has 0 saturated heterocycles. The molecule has 3 aromatic rings. The molecule has 208 valence electrons. The summed E-state index contributed by atoms with van der Waals surface area (Å²) in [6, 6.07) is 26.4. The first-order valence-corrected chi connectivity index (χ1v) is 13.1. The van der Waals surface area contributed by atoms with E-state index in [1.54, 1.807) is 12.0 Å². The third-order valence-electron chi connectivity index (χ3n) is 5.83. The fourth-order valence-corrected chi connectivity index (χ4v) is 4.26. The molecule has 0 aliphatic carbocycles. The van der Waals surface area contributed by atoms with E-state index in [9.17, 15) is 9.59 Å². The number of rotatable bonds is 8. The molecule has 0 radical (unpaired) electrons. The quantitative estimate of drug-likeness (QED) is 0.325. The fourth-order valence-electron chi connectivity index (χ4n) is 4.26. The van der Waals surface area contributed by atoms with E-state index in [4.69, 9.17) is 14.2 Å². The van der Waals surface area contributed by atoms with Crippen LogP contribution in [0.2, 0.25) is 0 Å². The highest BCUT2D eigenvalue weighted by atomic mass is 16.6. The van der Waals surface area contributed by atoms with E-state index in [-0.39, 0.29) is 12.5 Å². The molecule has 7 nitrogen and oxygen atoms in total. The average molecular weight is 533 g/mol. The molecular formula is C32H40N2O5. The van der Waals surface area contributed by atoms with Gasteiger partial charge >= 0.3 is 12.2 Å². The maximum Gasteiger partial charge on any atom is 0.415 e. The summed E-state index contributed by atoms with van der Waals surface area (Å²) in [5.41, 5.74) is 1.11. The van der Waals surface area contributed by atoms with E-state index in [2.05, 4.69) is 5.32 Å². The standard InChI is InChI=1S/C32H40N2O5/c1-31(2,3)38-29(35)33-22-27(23-14-10-8-11-15-23)28(24-16-12-9-13-17-24)34(30(36)39-32(4,5)6)25-18-20-26(37-7)21-19-25/h8-21,27-28H,22H2,1-7H3,(H,33,35)/t27-,28-/m1/s1. The van der Waals surface area contributed by atoms with Gasteiger partial charge in [-0.1, -0.05) is 60.7 Å². The highest BCUT2D eigenvalue weighted by molar-refractivity contribution is 5.89. The van der Waals surface area contributed by atoms with Crippen LogP contribution in [-0.4, -0.2) is 37.0 Å². The predicted molar refractivity (Wildman–Crippen MR) is 154 cm³/mol. The summed E-state index contributed by atoms with van der Waals surface area (Å²) in [6.45, 7) is 11.2. The van der Waals surface area contributed by atoms with Crippen molar-refractivity contribution in [2.75, 3.05) is 18.6 Å². The van der Waals surface area contributed by atoms with Crippen molar-refractivity contribution in [3.8, 4) is 5.75 Å². The first-order valence-electron chi connectivity index (χ1n) is 13.1. The summed E-state index contributed by atoms with van der Waals surface area (Å²) in [6.07, 6.45) is -1.02. The van der Waals surface area contributed by atoms with Crippen LogP contribution in [-0.2, 0) is 9.47 Å². The summed E-state index contributed by atoms with van der Waals surface area (Å²) in [5, 5.41) is 2.94. The lowest BCUT2D eigenvalue weighted by molar-refractivity contribution is 0.0521. The van der Waals surface area contributed by atoms with E-state index in [0.717, 1.165) is 11.1 Å². The SMILES string of the molecule is COc1ccc(N(C(=O)OC(C)(C)C)[C@H](c2ccccc2)[C@H](CNC(=O)OC(C)(C)C)c2ccccc2)cc1. The minimum atomic E-state index is -0.722. The van der Waals surface area contributed by atoms with Gasteiger partial charge in [0.15, 0.2) is 0 Å². The predicted octanol–water partition coefficient (Wildman–Crippen LogP) is 7.49. The van der Waals surface area contributed by atoms with Crippen molar-refractivity contribution in [2.45, 2.75) is 64.7 Å². The number of hydrogen-bond donors (Lipinski definition) is 1. The largest absolute Gasteiger partial charge is 0.497 e. The second kappa shape index (κ2) is 12.7. The second-order valence-corrected chi connectivity index (χ2v) is 11.3. The summed E-state index contributed by atoms with van der Waals surface area (Å²) in [7, 11) is 1.60. The van der Waals surface area contributed by atoms with Crippen LogP contribution in [0.1, 0.15) is 64.6 Å². The van der Waals surface area contributed by atoms with Gasteiger partial charge in [-0.3, -0.25) is 4.90 Å². The highest BCUT2D eigenvalue weighted by Crippen LogP contribution is 2.40. The van der Waals surface area contributed by atoms with Crippen molar-refractivity contribution in [1.29, 1.82) is 0 Å². The van der Waals surface area contributed by atoms with Gasteiger partial charge < -0.3 is 19.5 Å². The lowest BCUT2D eigenvalue weighted by atomic mass is 9.85.